The molecule has 1 aliphatic heterocycles. The predicted octanol–water partition coefficient (Wildman–Crippen LogP) is -1.11. The minimum atomic E-state index is -1.13. The van der Waals surface area contributed by atoms with Crippen LogP contribution in [-0.4, -0.2) is 37.3 Å². The van der Waals surface area contributed by atoms with Crippen LogP contribution in [0.15, 0.2) is 24.3 Å². The molecule has 6 nitrogen and oxygen atoms in total. The third-order valence-corrected chi connectivity index (χ3v) is 3.53. The molecule has 0 fully saturated rings. The Bertz CT molecular complexity index is 486. The van der Waals surface area contributed by atoms with Crippen molar-refractivity contribution >= 4 is 18.9 Å². The van der Waals surface area contributed by atoms with Gasteiger partial charge >= 0.3 is 7.48 Å². The molecule has 0 aromatic heterocycles. The maximum absolute atomic E-state index is 11.9. The van der Waals surface area contributed by atoms with Crippen LogP contribution in [-0.2, 0) is 9.45 Å². The van der Waals surface area contributed by atoms with Crippen molar-refractivity contribution in [3.8, 4) is 0 Å². The minimum Gasteiger partial charge on any atom is -0.424 e. The number of nitrogens with two attached hydrogens (primary N) is 2. The molecule has 1 aromatic rings. The molecule has 2 rings (SSSR count). The number of nitrogens with one attached hydrogen (secondary N) is 1. The molecule has 1 aliphatic rings. The van der Waals surface area contributed by atoms with E-state index in [2.05, 4.69) is 5.32 Å². The molecule has 6 N–H and O–H groups in total. The monoisotopic (exact) mass is 290 g/mol. The van der Waals surface area contributed by atoms with Gasteiger partial charge in [0.05, 0.1) is 6.04 Å². The summed E-state index contributed by atoms with van der Waals surface area (Å²) in [4.78, 5) is 11.9. The van der Waals surface area contributed by atoms with Crippen LogP contribution in [0.25, 0.3) is 0 Å². The molecule has 0 saturated carbocycles. The fourth-order valence-electron chi connectivity index (χ4n) is 2.31. The second kappa shape index (κ2) is 7.56. The highest BCUT2D eigenvalue weighted by molar-refractivity contribution is 6.49. The minimum absolute atomic E-state index is 0.382. The lowest BCUT2D eigenvalue weighted by Crippen LogP contribution is -2.47. The Balaban J connectivity index is 1.87. The Labute approximate surface area is 125 Å². The predicted molar refractivity (Wildman–Crippen MR) is 80.7 cm³/mol. The molecule has 0 aliphatic carbocycles. The molecule has 0 spiro atoms. The van der Waals surface area contributed by atoms with Gasteiger partial charge in [0.1, 0.15) is 6.10 Å². The number of carbonyl (C=O) groups is 1. The van der Waals surface area contributed by atoms with E-state index in [0.29, 0.717) is 13.0 Å². The van der Waals surface area contributed by atoms with Crippen LogP contribution in [0.2, 0.25) is 0 Å². The number of hydrogen-bond donors (Lipinski definition) is 4. The summed E-state index contributed by atoms with van der Waals surface area (Å²) in [5.74, 6) is -0.382. The maximum Gasteiger partial charge on any atom is 0.331 e. The van der Waals surface area contributed by atoms with Crippen LogP contribution >= 0.6 is 0 Å². The average Bonchev–Trinajstić information content (AvgIpc) is 2.91. The first kappa shape index (κ1) is 16.0. The number of amides is 1. The SMILES string of the molecule is NCCCCC(N)C(=O)NC(O)C1O[B]c2ccccc21. The van der Waals surface area contributed by atoms with Crippen molar-refractivity contribution in [2.75, 3.05) is 6.54 Å². The van der Waals surface area contributed by atoms with Gasteiger partial charge in [-0.25, -0.2) is 0 Å². The topological polar surface area (TPSA) is 111 Å². The van der Waals surface area contributed by atoms with Crippen LogP contribution < -0.4 is 22.2 Å². The standard InChI is InChI=1S/C14H21BN3O3/c16-8-4-3-7-11(17)13(19)18-14(20)12-9-5-1-2-6-10(9)15-21-12/h1-2,5-6,11-12,14,20H,3-4,7-8,16-17H2,(H,18,19). The van der Waals surface area contributed by atoms with Gasteiger partial charge in [0.15, 0.2) is 6.23 Å². The van der Waals surface area contributed by atoms with Crippen molar-refractivity contribution in [1.29, 1.82) is 0 Å². The van der Waals surface area contributed by atoms with Gasteiger partial charge in [-0.3, -0.25) is 4.79 Å². The van der Waals surface area contributed by atoms with Gasteiger partial charge in [-0.1, -0.05) is 30.7 Å². The number of hydrogen-bond acceptors (Lipinski definition) is 5. The van der Waals surface area contributed by atoms with Crippen molar-refractivity contribution in [3.05, 3.63) is 29.8 Å². The van der Waals surface area contributed by atoms with Crippen LogP contribution in [0.5, 0.6) is 0 Å². The van der Waals surface area contributed by atoms with Crippen molar-refractivity contribution in [2.45, 2.75) is 37.6 Å². The largest absolute Gasteiger partial charge is 0.424 e. The first-order chi connectivity index (χ1) is 10.1. The fraction of sp³-hybridized carbons (Fsp3) is 0.500. The molecular formula is C14H21BN3O3. The van der Waals surface area contributed by atoms with E-state index in [0.717, 1.165) is 23.9 Å². The van der Waals surface area contributed by atoms with Crippen LogP contribution in [0, 0.1) is 0 Å². The third kappa shape index (κ3) is 4.04. The number of unbranched alkanes of at least 4 members (excludes halogenated alkanes) is 1. The number of aliphatic hydroxyl groups excluding tert-OH is 1. The number of benzene rings is 1. The zero-order valence-electron chi connectivity index (χ0n) is 11.9. The summed E-state index contributed by atoms with van der Waals surface area (Å²) in [5.41, 5.74) is 12.9. The van der Waals surface area contributed by atoms with Crippen molar-refractivity contribution in [2.24, 2.45) is 11.5 Å². The first-order valence-corrected chi connectivity index (χ1v) is 7.15. The second-order valence-electron chi connectivity index (χ2n) is 5.15. The Morgan fingerprint density at radius 1 is 1.43 bits per heavy atom. The van der Waals surface area contributed by atoms with Gasteiger partial charge in [-0.15, -0.1) is 0 Å². The van der Waals surface area contributed by atoms with Gasteiger partial charge in [0.25, 0.3) is 0 Å². The van der Waals surface area contributed by atoms with E-state index in [-0.39, 0.29) is 5.91 Å². The molecule has 21 heavy (non-hydrogen) atoms. The summed E-state index contributed by atoms with van der Waals surface area (Å²) < 4.78 is 5.42. The highest BCUT2D eigenvalue weighted by Crippen LogP contribution is 2.23. The lowest BCUT2D eigenvalue weighted by atomic mass is 9.87. The van der Waals surface area contributed by atoms with E-state index < -0.39 is 18.4 Å². The Kier molecular flexibility index (Phi) is 5.75. The van der Waals surface area contributed by atoms with Gasteiger partial charge in [-0.05, 0) is 30.4 Å². The summed E-state index contributed by atoms with van der Waals surface area (Å²) in [6.07, 6.45) is 0.443. The molecule has 1 aromatic carbocycles. The molecule has 1 amide bonds. The molecular weight excluding hydrogens is 269 g/mol. The van der Waals surface area contributed by atoms with E-state index in [4.69, 9.17) is 16.1 Å². The Morgan fingerprint density at radius 3 is 2.95 bits per heavy atom. The smallest absolute Gasteiger partial charge is 0.331 e. The zero-order chi connectivity index (χ0) is 15.2. The summed E-state index contributed by atoms with van der Waals surface area (Å²) in [5, 5.41) is 12.6. The lowest BCUT2D eigenvalue weighted by molar-refractivity contribution is -0.127. The summed E-state index contributed by atoms with van der Waals surface area (Å²) in [6, 6.07) is 6.86. The van der Waals surface area contributed by atoms with Crippen LogP contribution in [0.1, 0.15) is 30.9 Å². The molecule has 1 heterocycles. The summed E-state index contributed by atoms with van der Waals surface area (Å²) >= 11 is 0. The molecule has 1 radical (unpaired) electrons. The lowest BCUT2D eigenvalue weighted by Gasteiger charge is -2.22. The fourth-order valence-corrected chi connectivity index (χ4v) is 2.31. The molecule has 0 bridgehead atoms. The number of fused-ring (bicyclic) bond motifs is 1. The van der Waals surface area contributed by atoms with Crippen molar-refractivity contribution < 1.29 is 14.6 Å². The molecule has 3 unspecified atom stereocenters. The van der Waals surface area contributed by atoms with Gasteiger partial charge in [0.2, 0.25) is 5.91 Å². The van der Waals surface area contributed by atoms with Gasteiger partial charge < -0.3 is 26.5 Å². The Morgan fingerprint density at radius 2 is 2.19 bits per heavy atom. The van der Waals surface area contributed by atoms with Crippen LogP contribution in [0.4, 0.5) is 0 Å². The average molecular weight is 290 g/mol. The number of rotatable bonds is 7. The second-order valence-corrected chi connectivity index (χ2v) is 5.15. The summed E-state index contributed by atoms with van der Waals surface area (Å²) in [7, 11) is 1.58. The first-order valence-electron chi connectivity index (χ1n) is 7.15. The van der Waals surface area contributed by atoms with Crippen molar-refractivity contribution in [3.63, 3.8) is 0 Å². The summed E-state index contributed by atoms with van der Waals surface area (Å²) in [6.45, 7) is 0.583. The maximum atomic E-state index is 11.9. The van der Waals surface area contributed by atoms with E-state index >= 15 is 0 Å². The molecule has 3 atom stereocenters. The molecule has 0 saturated heterocycles. The van der Waals surface area contributed by atoms with Gasteiger partial charge in [-0.2, -0.15) is 0 Å². The zero-order valence-corrected chi connectivity index (χ0v) is 11.9. The van der Waals surface area contributed by atoms with Crippen molar-refractivity contribution in [1.82, 2.24) is 5.32 Å². The molecule has 7 heteroatoms. The third-order valence-electron chi connectivity index (χ3n) is 3.53. The van der Waals surface area contributed by atoms with E-state index in [1.54, 1.807) is 7.48 Å². The normalized spacial score (nSPS) is 19.5. The highest BCUT2D eigenvalue weighted by atomic mass is 16.5. The number of aliphatic hydroxyl groups is 1. The quantitative estimate of drug-likeness (QED) is 0.289. The molecule has 113 valence electrons. The highest BCUT2D eigenvalue weighted by Gasteiger charge is 2.31. The van der Waals surface area contributed by atoms with Crippen LogP contribution in [0.3, 0.4) is 0 Å². The Hall–Kier alpha value is -1.41. The van der Waals surface area contributed by atoms with E-state index in [1.807, 2.05) is 24.3 Å². The van der Waals surface area contributed by atoms with E-state index in [9.17, 15) is 9.90 Å². The number of carbonyl (C=O) groups excluding carboxylic acids is 1. The van der Waals surface area contributed by atoms with E-state index in [1.165, 1.54) is 0 Å². The van der Waals surface area contributed by atoms with Gasteiger partial charge in [0, 0.05) is 0 Å².